The molecule has 2 heterocycles. The highest BCUT2D eigenvalue weighted by atomic mass is 32.2. The summed E-state index contributed by atoms with van der Waals surface area (Å²) < 4.78 is 26.8. The molecule has 15 heavy (non-hydrogen) atoms. The molecule has 5 nitrogen and oxygen atoms in total. The van der Waals surface area contributed by atoms with Crippen LogP contribution in [0.2, 0.25) is 0 Å². The summed E-state index contributed by atoms with van der Waals surface area (Å²) in [4.78, 5) is 2.04. The number of hydrogen-bond donors (Lipinski definition) is 1. The summed E-state index contributed by atoms with van der Waals surface area (Å²) in [5, 5.41) is 0.963. The van der Waals surface area contributed by atoms with Gasteiger partial charge in [-0.25, -0.2) is 8.42 Å². The monoisotopic (exact) mass is 247 g/mol. The fraction of sp³-hybridized carbons (Fsp3) is 0.625. The molecule has 1 aromatic heterocycles. The van der Waals surface area contributed by atoms with Gasteiger partial charge in [-0.15, -0.1) is 0 Å². The third-order valence-electron chi connectivity index (χ3n) is 2.38. The lowest BCUT2D eigenvalue weighted by atomic mass is 10.4. The van der Waals surface area contributed by atoms with Gasteiger partial charge in [0.05, 0.1) is 11.5 Å². The molecular formula is C8H13N3O2S2. The molecule has 0 aromatic carbocycles. The molecule has 0 saturated carbocycles. The topological polar surface area (TPSA) is 76.3 Å². The van der Waals surface area contributed by atoms with Gasteiger partial charge < -0.3 is 10.6 Å². The van der Waals surface area contributed by atoms with Crippen LogP contribution in [0.15, 0.2) is 6.07 Å². The minimum atomic E-state index is -2.84. The van der Waals surface area contributed by atoms with Crippen molar-refractivity contribution in [3.05, 3.63) is 6.07 Å². The van der Waals surface area contributed by atoms with Crippen LogP contribution in [0, 0.1) is 0 Å². The highest BCUT2D eigenvalue weighted by Crippen LogP contribution is 2.24. The quantitative estimate of drug-likeness (QED) is 0.775. The molecule has 0 amide bonds. The zero-order chi connectivity index (χ0) is 10.9. The first kappa shape index (κ1) is 10.7. The standard InChI is InChI=1S/C8H13N3O2S2/c9-7-6-8(14-10-7)11-2-1-4-15(12,13)5-3-11/h6H,1-5H2,(H2,9,10). The SMILES string of the molecule is Nc1cc(N2CCCS(=O)(=O)CC2)sn1. The molecule has 2 N–H and O–H groups in total. The smallest absolute Gasteiger partial charge is 0.152 e. The lowest BCUT2D eigenvalue weighted by Crippen LogP contribution is -2.25. The fourth-order valence-electron chi connectivity index (χ4n) is 1.59. The second-order valence-corrected chi connectivity index (χ2v) is 6.67. The summed E-state index contributed by atoms with van der Waals surface area (Å²) in [5.74, 6) is 1.02. The van der Waals surface area contributed by atoms with Crippen molar-refractivity contribution >= 4 is 32.2 Å². The van der Waals surface area contributed by atoms with Crippen LogP contribution in [0.5, 0.6) is 0 Å². The predicted octanol–water partition coefficient (Wildman–Crippen LogP) is 0.350. The Labute approximate surface area is 93.0 Å². The van der Waals surface area contributed by atoms with Crippen molar-refractivity contribution in [2.24, 2.45) is 0 Å². The number of rotatable bonds is 1. The van der Waals surface area contributed by atoms with Gasteiger partial charge in [0.15, 0.2) is 9.84 Å². The average Bonchev–Trinajstić information content (AvgIpc) is 2.49. The normalized spacial score (nSPS) is 21.2. The van der Waals surface area contributed by atoms with E-state index in [2.05, 4.69) is 4.37 Å². The van der Waals surface area contributed by atoms with Crippen molar-refractivity contribution in [1.82, 2.24) is 4.37 Å². The summed E-state index contributed by atoms with van der Waals surface area (Å²) >= 11 is 1.32. The second-order valence-electron chi connectivity index (χ2n) is 3.58. The number of hydrogen-bond acceptors (Lipinski definition) is 6. The maximum atomic E-state index is 11.4. The van der Waals surface area contributed by atoms with Crippen LogP contribution in [0.25, 0.3) is 0 Å². The number of aromatic nitrogens is 1. The molecule has 0 bridgehead atoms. The van der Waals surface area contributed by atoms with Crippen LogP contribution in [-0.4, -0.2) is 37.4 Å². The Kier molecular flexibility index (Phi) is 2.83. The van der Waals surface area contributed by atoms with Gasteiger partial charge in [0.1, 0.15) is 10.8 Å². The maximum Gasteiger partial charge on any atom is 0.152 e. The lowest BCUT2D eigenvalue weighted by molar-refractivity contribution is 0.597. The Morgan fingerprint density at radius 3 is 2.87 bits per heavy atom. The van der Waals surface area contributed by atoms with Crippen LogP contribution in [0.4, 0.5) is 10.8 Å². The summed E-state index contributed by atoms with van der Waals surface area (Å²) in [6.07, 6.45) is 0.681. The van der Waals surface area contributed by atoms with Crippen molar-refractivity contribution in [1.29, 1.82) is 0 Å². The Hall–Kier alpha value is -0.820. The van der Waals surface area contributed by atoms with Gasteiger partial charge in [0.2, 0.25) is 0 Å². The first-order valence-corrected chi connectivity index (χ1v) is 7.34. The maximum absolute atomic E-state index is 11.4. The van der Waals surface area contributed by atoms with E-state index in [1.807, 2.05) is 4.90 Å². The van der Waals surface area contributed by atoms with Gasteiger partial charge >= 0.3 is 0 Å². The van der Waals surface area contributed by atoms with Crippen molar-refractivity contribution < 1.29 is 8.42 Å². The Morgan fingerprint density at radius 2 is 2.20 bits per heavy atom. The predicted molar refractivity (Wildman–Crippen MR) is 62.0 cm³/mol. The third kappa shape index (κ3) is 2.60. The molecule has 0 aliphatic carbocycles. The molecule has 1 aliphatic rings. The van der Waals surface area contributed by atoms with Crippen LogP contribution in [0.3, 0.4) is 0 Å². The number of sulfone groups is 1. The van der Waals surface area contributed by atoms with Crippen molar-refractivity contribution in [3.63, 3.8) is 0 Å². The highest BCUT2D eigenvalue weighted by Gasteiger charge is 2.20. The van der Waals surface area contributed by atoms with Crippen molar-refractivity contribution in [2.75, 3.05) is 35.2 Å². The first-order chi connectivity index (χ1) is 7.07. The van der Waals surface area contributed by atoms with Crippen LogP contribution in [-0.2, 0) is 9.84 Å². The molecular weight excluding hydrogens is 234 g/mol. The summed E-state index contributed by atoms with van der Waals surface area (Å²) in [5.41, 5.74) is 5.53. The Morgan fingerprint density at radius 1 is 1.40 bits per heavy atom. The fourth-order valence-corrected chi connectivity index (χ4v) is 3.58. The van der Waals surface area contributed by atoms with E-state index in [9.17, 15) is 8.42 Å². The van der Waals surface area contributed by atoms with Gasteiger partial charge in [-0.1, -0.05) is 0 Å². The van der Waals surface area contributed by atoms with E-state index in [-0.39, 0.29) is 11.5 Å². The molecule has 0 radical (unpaired) electrons. The first-order valence-electron chi connectivity index (χ1n) is 4.74. The van der Waals surface area contributed by atoms with Crippen molar-refractivity contribution in [3.8, 4) is 0 Å². The molecule has 0 unspecified atom stereocenters. The summed E-state index contributed by atoms with van der Waals surface area (Å²) in [6.45, 7) is 1.31. The molecule has 2 rings (SSSR count). The van der Waals surface area contributed by atoms with Gasteiger partial charge in [-0.05, 0) is 18.0 Å². The van der Waals surface area contributed by atoms with E-state index in [1.165, 1.54) is 11.5 Å². The van der Waals surface area contributed by atoms with E-state index < -0.39 is 9.84 Å². The minimum absolute atomic E-state index is 0.227. The van der Waals surface area contributed by atoms with E-state index in [0.717, 1.165) is 11.5 Å². The van der Waals surface area contributed by atoms with Gasteiger partial charge in [0.25, 0.3) is 0 Å². The Bertz CT molecular complexity index is 440. The molecule has 1 aliphatic heterocycles. The molecule has 0 atom stereocenters. The number of nitrogens with two attached hydrogens (primary N) is 1. The molecule has 1 saturated heterocycles. The molecule has 84 valence electrons. The minimum Gasteiger partial charge on any atom is -0.383 e. The van der Waals surface area contributed by atoms with Gasteiger partial charge in [0, 0.05) is 19.2 Å². The molecule has 1 fully saturated rings. The summed E-state index contributed by atoms with van der Waals surface area (Å²) in [6, 6.07) is 1.79. The van der Waals surface area contributed by atoms with Crippen molar-refractivity contribution in [2.45, 2.75) is 6.42 Å². The van der Waals surface area contributed by atoms with E-state index in [0.29, 0.717) is 18.8 Å². The Balaban J connectivity index is 2.12. The van der Waals surface area contributed by atoms with Gasteiger partial charge in [-0.3, -0.25) is 0 Å². The largest absolute Gasteiger partial charge is 0.383 e. The average molecular weight is 247 g/mol. The zero-order valence-electron chi connectivity index (χ0n) is 8.22. The zero-order valence-corrected chi connectivity index (χ0v) is 9.85. The number of nitrogens with zero attached hydrogens (tertiary/aromatic N) is 2. The lowest BCUT2D eigenvalue weighted by Gasteiger charge is -2.18. The van der Waals surface area contributed by atoms with Crippen LogP contribution < -0.4 is 10.6 Å². The number of anilines is 2. The molecule has 7 heteroatoms. The van der Waals surface area contributed by atoms with E-state index in [4.69, 9.17) is 5.73 Å². The van der Waals surface area contributed by atoms with Crippen LogP contribution in [0.1, 0.15) is 6.42 Å². The molecule has 1 aromatic rings. The van der Waals surface area contributed by atoms with Gasteiger partial charge in [-0.2, -0.15) is 4.37 Å². The van der Waals surface area contributed by atoms with E-state index in [1.54, 1.807) is 6.07 Å². The summed E-state index contributed by atoms with van der Waals surface area (Å²) in [7, 11) is -2.84. The highest BCUT2D eigenvalue weighted by molar-refractivity contribution is 7.91. The second kappa shape index (κ2) is 3.97. The van der Waals surface area contributed by atoms with Crippen LogP contribution >= 0.6 is 11.5 Å². The third-order valence-corrected chi connectivity index (χ3v) is 4.96. The van der Waals surface area contributed by atoms with E-state index >= 15 is 0 Å². The number of nitrogen functional groups attached to an aromatic ring is 1. The molecule has 0 spiro atoms.